The van der Waals surface area contributed by atoms with Crippen molar-refractivity contribution in [3.63, 3.8) is 0 Å². The van der Waals surface area contributed by atoms with E-state index >= 15 is 0 Å². The lowest BCUT2D eigenvalue weighted by molar-refractivity contribution is -0.138. The molecule has 0 saturated heterocycles. The lowest BCUT2D eigenvalue weighted by Crippen LogP contribution is -2.33. The first kappa shape index (κ1) is 36.1. The van der Waals surface area contributed by atoms with Gasteiger partial charge in [-0.1, -0.05) is 13.2 Å². The zero-order chi connectivity index (χ0) is 28.4. The molecule has 36 heavy (non-hydrogen) atoms. The van der Waals surface area contributed by atoms with Crippen LogP contribution in [0.3, 0.4) is 0 Å². The van der Waals surface area contributed by atoms with Gasteiger partial charge in [0, 0.05) is 12.2 Å². The third-order valence-corrected chi connectivity index (χ3v) is 2.70. The molecule has 0 spiro atoms. The molecular formula is C20H32N4O12. The molecule has 16 heteroatoms. The van der Waals surface area contributed by atoms with E-state index in [1.54, 1.807) is 0 Å². The van der Waals surface area contributed by atoms with Crippen molar-refractivity contribution in [2.45, 2.75) is 26.1 Å². The number of hydrogen-bond acceptors (Lipinski definition) is 13. The van der Waals surface area contributed by atoms with E-state index in [0.717, 1.165) is 12.2 Å². The first-order valence-corrected chi connectivity index (χ1v) is 9.98. The van der Waals surface area contributed by atoms with E-state index in [1.807, 2.05) is 0 Å². The van der Waals surface area contributed by atoms with Crippen LogP contribution in [0.1, 0.15) is 13.8 Å². The average Bonchev–Trinajstić information content (AvgIpc) is 2.82. The Morgan fingerprint density at radius 1 is 0.944 bits per heavy atom. The molecule has 6 N–H and O–H groups in total. The second kappa shape index (κ2) is 25.2. The molecule has 0 radical (unpaired) electrons. The molecule has 16 nitrogen and oxygen atoms in total. The quantitative estimate of drug-likeness (QED) is 0.0596. The Labute approximate surface area is 207 Å². The molecule has 0 aromatic heterocycles. The van der Waals surface area contributed by atoms with Crippen LogP contribution in [0, 0.1) is 0 Å². The highest BCUT2D eigenvalue weighted by molar-refractivity contribution is 5.81. The van der Waals surface area contributed by atoms with Crippen LogP contribution in [0.5, 0.6) is 0 Å². The van der Waals surface area contributed by atoms with Gasteiger partial charge in [-0.2, -0.15) is 0 Å². The predicted molar refractivity (Wildman–Crippen MR) is 122 cm³/mol. The highest BCUT2D eigenvalue weighted by atomic mass is 16.6. The van der Waals surface area contributed by atoms with Gasteiger partial charge in [-0.05, 0) is 13.8 Å². The Hall–Kier alpha value is -4.43. The molecule has 0 aliphatic heterocycles. The molecule has 0 fully saturated rings. The molecule has 3 amide bonds. The van der Waals surface area contributed by atoms with Gasteiger partial charge in [-0.25, -0.2) is 33.8 Å². The SMILES string of the molecule is C=CC(=O)OCCN=C=O.C=CC(=O)OCCNC(=O)OC(C)COC(N)=O.CC(O)COC(N)=O. The summed E-state index contributed by atoms with van der Waals surface area (Å²) in [5.74, 6) is -1.09. The summed E-state index contributed by atoms with van der Waals surface area (Å²) in [5.41, 5.74) is 9.31. The normalized spacial score (nSPS) is 10.4. The number of aliphatic hydroxyl groups excluding tert-OH is 1. The highest BCUT2D eigenvalue weighted by Gasteiger charge is 2.10. The third-order valence-electron chi connectivity index (χ3n) is 2.70. The average molecular weight is 520 g/mol. The van der Waals surface area contributed by atoms with Crippen molar-refractivity contribution in [2.24, 2.45) is 16.5 Å². The molecule has 0 rings (SSSR count). The maximum atomic E-state index is 11.1. The standard InChI is InChI=1S/C10H16N2O6.C6H7NO3.C4H9NO3/c1-3-8(13)16-5-4-12-10(15)18-7(2)6-17-9(11)14;1-2-6(9)10-4-3-7-5-8;1-3(6)2-8-4(5)7/h3,7H,1,4-6H2,2H3,(H2,11,14)(H,12,15);2H,1,3-4H2;3,6H,2H2,1H3,(H2,5,7). The van der Waals surface area contributed by atoms with Crippen LogP contribution >= 0.6 is 0 Å². The van der Waals surface area contributed by atoms with E-state index in [-0.39, 0.29) is 39.5 Å². The number of nitrogens with one attached hydrogen (secondary N) is 1. The fourth-order valence-corrected chi connectivity index (χ4v) is 1.32. The summed E-state index contributed by atoms with van der Waals surface area (Å²) in [4.78, 5) is 64.8. The number of hydrogen-bond donors (Lipinski definition) is 4. The number of aliphatic imine (C=N–C) groups is 1. The largest absolute Gasteiger partial charge is 0.461 e. The van der Waals surface area contributed by atoms with Crippen LogP contribution in [0.15, 0.2) is 30.3 Å². The number of primary amides is 2. The maximum absolute atomic E-state index is 11.1. The van der Waals surface area contributed by atoms with Crippen LogP contribution in [0.4, 0.5) is 14.4 Å². The van der Waals surface area contributed by atoms with Crippen molar-refractivity contribution < 1.29 is 57.6 Å². The molecule has 2 unspecified atom stereocenters. The first-order chi connectivity index (χ1) is 16.9. The monoisotopic (exact) mass is 520 g/mol. The van der Waals surface area contributed by atoms with Crippen molar-refractivity contribution in [1.82, 2.24) is 5.32 Å². The molecule has 0 aliphatic rings. The number of aliphatic hydroxyl groups is 1. The Balaban J connectivity index is -0.000000508. The second-order valence-corrected chi connectivity index (χ2v) is 5.97. The molecule has 0 saturated carbocycles. The zero-order valence-corrected chi connectivity index (χ0v) is 20.0. The number of carbonyl (C=O) groups excluding carboxylic acids is 6. The fourth-order valence-electron chi connectivity index (χ4n) is 1.32. The summed E-state index contributed by atoms with van der Waals surface area (Å²) in [6.45, 7) is 9.61. The molecule has 0 aliphatic carbocycles. The van der Waals surface area contributed by atoms with Crippen LogP contribution in [0.2, 0.25) is 0 Å². The lowest BCUT2D eigenvalue weighted by Gasteiger charge is -2.13. The van der Waals surface area contributed by atoms with Gasteiger partial charge in [0.2, 0.25) is 6.08 Å². The van der Waals surface area contributed by atoms with Gasteiger partial charge >= 0.3 is 30.2 Å². The predicted octanol–water partition coefficient (Wildman–Crippen LogP) is -0.560. The van der Waals surface area contributed by atoms with Gasteiger partial charge in [0.05, 0.1) is 19.2 Å². The van der Waals surface area contributed by atoms with Crippen molar-refractivity contribution in [3.8, 4) is 0 Å². The third kappa shape index (κ3) is 34.2. The Bertz CT molecular complexity index is 751. The molecule has 0 aromatic rings. The van der Waals surface area contributed by atoms with Gasteiger partial charge in [0.15, 0.2) is 0 Å². The van der Waals surface area contributed by atoms with Gasteiger partial charge in [0.25, 0.3) is 0 Å². The molecule has 0 aromatic carbocycles. The highest BCUT2D eigenvalue weighted by Crippen LogP contribution is 1.92. The number of ether oxygens (including phenoxy) is 5. The summed E-state index contributed by atoms with van der Waals surface area (Å²) in [5, 5.41) is 10.8. The first-order valence-electron chi connectivity index (χ1n) is 9.98. The van der Waals surface area contributed by atoms with Gasteiger partial charge in [0.1, 0.15) is 32.5 Å². The minimum absolute atomic E-state index is 0.00607. The number of alkyl carbamates (subject to hydrolysis) is 1. The van der Waals surface area contributed by atoms with Crippen molar-refractivity contribution in [3.05, 3.63) is 25.3 Å². The Morgan fingerprint density at radius 3 is 1.86 bits per heavy atom. The number of esters is 2. The smallest absolute Gasteiger partial charge is 0.407 e. The van der Waals surface area contributed by atoms with Crippen molar-refractivity contribution in [2.75, 3.05) is 39.5 Å². The van der Waals surface area contributed by atoms with Crippen molar-refractivity contribution in [1.29, 1.82) is 0 Å². The molecule has 204 valence electrons. The van der Waals surface area contributed by atoms with Crippen molar-refractivity contribution >= 4 is 36.3 Å². The minimum atomic E-state index is -0.942. The van der Waals surface area contributed by atoms with Crippen LogP contribution in [-0.4, -0.2) is 93.1 Å². The summed E-state index contributed by atoms with van der Waals surface area (Å²) >= 11 is 0. The van der Waals surface area contributed by atoms with E-state index in [1.165, 1.54) is 19.9 Å². The molecule has 2 atom stereocenters. The number of carbonyl (C=O) groups is 5. The number of rotatable bonds is 13. The zero-order valence-electron chi connectivity index (χ0n) is 20.0. The number of isocyanates is 1. The maximum Gasteiger partial charge on any atom is 0.407 e. The molecular weight excluding hydrogens is 488 g/mol. The number of nitrogens with two attached hydrogens (primary N) is 2. The Kier molecular flexibility index (Phi) is 25.3. The Morgan fingerprint density at radius 2 is 1.44 bits per heavy atom. The topological polar surface area (TPSA) is 245 Å². The number of nitrogens with zero attached hydrogens (tertiary/aromatic N) is 1. The molecule has 0 heterocycles. The second-order valence-electron chi connectivity index (χ2n) is 5.97. The lowest BCUT2D eigenvalue weighted by atomic mass is 10.4. The number of amides is 3. The van der Waals surface area contributed by atoms with E-state index in [0.29, 0.717) is 0 Å². The summed E-state index contributed by atoms with van der Waals surface area (Å²) < 4.78 is 22.5. The van der Waals surface area contributed by atoms with Gasteiger partial charge in [-0.15, -0.1) is 0 Å². The van der Waals surface area contributed by atoms with E-state index in [2.05, 4.69) is 48.1 Å². The van der Waals surface area contributed by atoms with Crippen LogP contribution < -0.4 is 16.8 Å². The van der Waals surface area contributed by atoms with Crippen LogP contribution in [0.25, 0.3) is 0 Å². The molecule has 0 bridgehead atoms. The summed E-state index contributed by atoms with van der Waals surface area (Å²) in [6, 6.07) is 0. The summed E-state index contributed by atoms with van der Waals surface area (Å²) in [6.07, 6.45) is -0.404. The van der Waals surface area contributed by atoms with Crippen LogP contribution in [-0.2, 0) is 38.1 Å². The van der Waals surface area contributed by atoms with E-state index < -0.39 is 42.4 Å². The minimum Gasteiger partial charge on any atom is -0.461 e. The van der Waals surface area contributed by atoms with E-state index in [9.17, 15) is 28.8 Å². The fraction of sp³-hybridized carbons (Fsp3) is 0.500. The summed E-state index contributed by atoms with van der Waals surface area (Å²) in [7, 11) is 0. The van der Waals surface area contributed by atoms with Gasteiger partial charge < -0.3 is 45.6 Å². The van der Waals surface area contributed by atoms with E-state index in [4.69, 9.17) is 15.6 Å². The van der Waals surface area contributed by atoms with Gasteiger partial charge in [-0.3, -0.25) is 0 Å².